The number of alkyl halides is 1. The number of halogens is 3. The van der Waals surface area contributed by atoms with Crippen molar-refractivity contribution in [1.29, 1.82) is 0 Å². The van der Waals surface area contributed by atoms with Crippen molar-refractivity contribution >= 4 is 11.6 Å². The van der Waals surface area contributed by atoms with Gasteiger partial charge in [-0.2, -0.15) is 0 Å². The molecule has 78 valence electrons. The Labute approximate surface area is 87.3 Å². The van der Waals surface area contributed by atoms with Crippen molar-refractivity contribution in [2.75, 3.05) is 20.0 Å². The zero-order valence-corrected chi connectivity index (χ0v) is 8.85. The van der Waals surface area contributed by atoms with E-state index in [1.54, 1.807) is 19.0 Å². The predicted molar refractivity (Wildman–Crippen MR) is 53.5 cm³/mol. The second kappa shape index (κ2) is 4.71. The number of rotatable bonds is 3. The molecular weight excluding hydrogens is 208 g/mol. The summed E-state index contributed by atoms with van der Waals surface area (Å²) in [7, 11) is 3.55. The minimum Gasteiger partial charge on any atom is -0.301 e. The van der Waals surface area contributed by atoms with E-state index >= 15 is 0 Å². The van der Waals surface area contributed by atoms with E-state index in [0.29, 0.717) is 5.56 Å². The van der Waals surface area contributed by atoms with Crippen LogP contribution in [0.3, 0.4) is 0 Å². The first-order valence-corrected chi connectivity index (χ1v) is 4.77. The molecule has 0 aromatic heterocycles. The van der Waals surface area contributed by atoms with Gasteiger partial charge in [-0.25, -0.2) is 8.78 Å². The van der Waals surface area contributed by atoms with Gasteiger partial charge in [0.1, 0.15) is 11.6 Å². The van der Waals surface area contributed by atoms with Gasteiger partial charge in [0, 0.05) is 11.4 Å². The molecule has 14 heavy (non-hydrogen) atoms. The molecule has 1 aromatic rings. The van der Waals surface area contributed by atoms with E-state index in [-0.39, 0.29) is 11.9 Å². The van der Waals surface area contributed by atoms with Gasteiger partial charge in [-0.3, -0.25) is 0 Å². The number of hydrogen-bond acceptors (Lipinski definition) is 1. The zero-order chi connectivity index (χ0) is 10.7. The molecule has 0 aliphatic heterocycles. The Kier molecular flexibility index (Phi) is 3.84. The molecule has 1 atom stereocenters. The van der Waals surface area contributed by atoms with Gasteiger partial charge in [0.05, 0.1) is 6.04 Å². The highest BCUT2D eigenvalue weighted by molar-refractivity contribution is 6.18. The van der Waals surface area contributed by atoms with E-state index in [0.717, 1.165) is 12.1 Å². The van der Waals surface area contributed by atoms with Gasteiger partial charge in [0.25, 0.3) is 0 Å². The lowest BCUT2D eigenvalue weighted by Crippen LogP contribution is -2.22. The second-order valence-electron chi connectivity index (χ2n) is 3.30. The fourth-order valence-electron chi connectivity index (χ4n) is 1.27. The summed E-state index contributed by atoms with van der Waals surface area (Å²) in [5, 5.41) is 0. The van der Waals surface area contributed by atoms with Crippen LogP contribution < -0.4 is 0 Å². The first-order chi connectivity index (χ1) is 6.56. The molecule has 4 heteroatoms. The largest absolute Gasteiger partial charge is 0.301 e. The lowest BCUT2D eigenvalue weighted by molar-refractivity contribution is 0.315. The molecule has 0 fully saturated rings. The summed E-state index contributed by atoms with van der Waals surface area (Å²) in [6.07, 6.45) is 0. The lowest BCUT2D eigenvalue weighted by Gasteiger charge is -2.22. The molecule has 0 aliphatic rings. The lowest BCUT2D eigenvalue weighted by atomic mass is 10.1. The molecule has 0 spiro atoms. The fourth-order valence-corrected chi connectivity index (χ4v) is 1.71. The predicted octanol–water partition coefficient (Wildman–Crippen LogP) is 2.81. The van der Waals surface area contributed by atoms with Gasteiger partial charge in [0.15, 0.2) is 0 Å². The van der Waals surface area contributed by atoms with Crippen LogP contribution in [-0.2, 0) is 0 Å². The van der Waals surface area contributed by atoms with Crippen molar-refractivity contribution in [3.05, 3.63) is 35.4 Å². The minimum absolute atomic E-state index is 0.230. The summed E-state index contributed by atoms with van der Waals surface area (Å²) in [5.41, 5.74) is 0.296. The molecule has 1 unspecified atom stereocenters. The molecule has 1 aromatic carbocycles. The average Bonchev–Trinajstić information content (AvgIpc) is 2.11. The third kappa shape index (κ3) is 2.42. The van der Waals surface area contributed by atoms with Gasteiger partial charge in [-0.05, 0) is 32.3 Å². The summed E-state index contributed by atoms with van der Waals surface area (Å²) in [5.74, 6) is -0.642. The first-order valence-electron chi connectivity index (χ1n) is 4.23. The van der Waals surface area contributed by atoms with Crippen LogP contribution >= 0.6 is 11.6 Å². The molecule has 0 saturated carbocycles. The fraction of sp³-hybridized carbons (Fsp3) is 0.400. The summed E-state index contributed by atoms with van der Waals surface area (Å²) >= 11 is 5.69. The van der Waals surface area contributed by atoms with Gasteiger partial charge < -0.3 is 4.90 Å². The third-order valence-corrected chi connectivity index (χ3v) is 2.38. The number of nitrogens with zero attached hydrogens (tertiary/aromatic N) is 1. The van der Waals surface area contributed by atoms with Crippen LogP contribution in [0.5, 0.6) is 0 Å². The summed E-state index contributed by atoms with van der Waals surface area (Å²) in [6, 6.07) is 3.10. The van der Waals surface area contributed by atoms with Crippen LogP contribution in [0.15, 0.2) is 18.2 Å². The molecule has 0 amide bonds. The SMILES string of the molecule is CN(C)C(CCl)c1cc(F)ccc1F. The smallest absolute Gasteiger partial charge is 0.128 e. The van der Waals surface area contributed by atoms with E-state index in [1.165, 1.54) is 6.07 Å². The third-order valence-electron chi connectivity index (χ3n) is 2.09. The number of benzene rings is 1. The molecule has 0 heterocycles. The maximum atomic E-state index is 13.3. The van der Waals surface area contributed by atoms with Crippen LogP contribution in [0.2, 0.25) is 0 Å². The Hall–Kier alpha value is -0.670. The molecule has 1 rings (SSSR count). The second-order valence-corrected chi connectivity index (χ2v) is 3.61. The topological polar surface area (TPSA) is 3.24 Å². The Bertz CT molecular complexity index is 315. The molecule has 0 aliphatic carbocycles. The van der Waals surface area contributed by atoms with Gasteiger partial charge in [-0.1, -0.05) is 0 Å². The van der Waals surface area contributed by atoms with Gasteiger partial charge >= 0.3 is 0 Å². The Morgan fingerprint density at radius 1 is 1.36 bits per heavy atom. The van der Waals surface area contributed by atoms with Crippen molar-refractivity contribution in [3.8, 4) is 0 Å². The van der Waals surface area contributed by atoms with Crippen LogP contribution in [0.4, 0.5) is 8.78 Å². The van der Waals surface area contributed by atoms with E-state index in [4.69, 9.17) is 11.6 Å². The normalized spacial score (nSPS) is 13.3. The zero-order valence-electron chi connectivity index (χ0n) is 8.10. The van der Waals surface area contributed by atoms with E-state index in [2.05, 4.69) is 0 Å². The molecular formula is C10H12ClF2N. The van der Waals surface area contributed by atoms with Gasteiger partial charge in [0.2, 0.25) is 0 Å². The molecule has 0 N–H and O–H groups in total. The highest BCUT2D eigenvalue weighted by atomic mass is 35.5. The van der Waals surface area contributed by atoms with Crippen molar-refractivity contribution < 1.29 is 8.78 Å². The maximum absolute atomic E-state index is 13.3. The Morgan fingerprint density at radius 3 is 2.50 bits per heavy atom. The standard InChI is InChI=1S/C10H12ClF2N/c1-14(2)10(6-11)8-5-7(12)3-4-9(8)13/h3-5,10H,6H2,1-2H3. The van der Waals surface area contributed by atoms with Gasteiger partial charge in [-0.15, -0.1) is 11.6 Å². The minimum atomic E-state index is -0.446. The monoisotopic (exact) mass is 219 g/mol. The van der Waals surface area contributed by atoms with Crippen molar-refractivity contribution in [1.82, 2.24) is 4.90 Å². The summed E-state index contributed by atoms with van der Waals surface area (Å²) in [4.78, 5) is 1.75. The molecule has 0 radical (unpaired) electrons. The number of hydrogen-bond donors (Lipinski definition) is 0. The summed E-state index contributed by atoms with van der Waals surface area (Å²) in [6.45, 7) is 0. The average molecular weight is 220 g/mol. The Balaban J connectivity index is 3.08. The van der Waals surface area contributed by atoms with Crippen LogP contribution in [0, 0.1) is 11.6 Å². The van der Waals surface area contributed by atoms with Crippen LogP contribution in [0.1, 0.15) is 11.6 Å². The highest BCUT2D eigenvalue weighted by Gasteiger charge is 2.17. The van der Waals surface area contributed by atoms with Crippen molar-refractivity contribution in [3.63, 3.8) is 0 Å². The molecule has 0 bridgehead atoms. The van der Waals surface area contributed by atoms with E-state index in [9.17, 15) is 8.78 Å². The first kappa shape index (κ1) is 11.4. The quantitative estimate of drug-likeness (QED) is 0.707. The van der Waals surface area contributed by atoms with Crippen LogP contribution in [-0.4, -0.2) is 24.9 Å². The van der Waals surface area contributed by atoms with Crippen molar-refractivity contribution in [2.45, 2.75) is 6.04 Å². The Morgan fingerprint density at radius 2 is 2.00 bits per heavy atom. The maximum Gasteiger partial charge on any atom is 0.128 e. The van der Waals surface area contributed by atoms with Crippen molar-refractivity contribution in [2.24, 2.45) is 0 Å². The molecule has 1 nitrogen and oxygen atoms in total. The van der Waals surface area contributed by atoms with Crippen LogP contribution in [0.25, 0.3) is 0 Å². The molecule has 0 saturated heterocycles. The van der Waals surface area contributed by atoms with E-state index in [1.807, 2.05) is 0 Å². The highest BCUT2D eigenvalue weighted by Crippen LogP contribution is 2.23. The summed E-state index contributed by atoms with van der Waals surface area (Å²) < 4.78 is 26.2. The van der Waals surface area contributed by atoms with E-state index < -0.39 is 11.6 Å².